The maximum absolute atomic E-state index is 11.9. The van der Waals surface area contributed by atoms with Crippen LogP contribution in [0.4, 0.5) is 0 Å². The van der Waals surface area contributed by atoms with Gasteiger partial charge in [-0.25, -0.2) is 4.98 Å². The fourth-order valence-electron chi connectivity index (χ4n) is 3.17. The molecule has 1 saturated carbocycles. The number of carbonyl (C=O) groups is 1. The van der Waals surface area contributed by atoms with Crippen LogP contribution in [0.25, 0.3) is 0 Å². The Morgan fingerprint density at radius 2 is 2.33 bits per heavy atom. The number of esters is 1. The van der Waals surface area contributed by atoms with Gasteiger partial charge in [-0.3, -0.25) is 4.79 Å². The minimum atomic E-state index is -0.940. The van der Waals surface area contributed by atoms with Crippen molar-refractivity contribution in [2.24, 2.45) is 17.8 Å². The molecule has 1 aliphatic carbocycles. The van der Waals surface area contributed by atoms with Gasteiger partial charge < -0.3 is 9.84 Å². The molecular formula is C15H22BrNO3S. The van der Waals surface area contributed by atoms with E-state index < -0.39 is 5.60 Å². The smallest absolute Gasteiger partial charge is 0.309 e. The molecule has 0 bridgehead atoms. The molecule has 0 amide bonds. The van der Waals surface area contributed by atoms with Crippen molar-refractivity contribution >= 4 is 33.2 Å². The third-order valence-electron chi connectivity index (χ3n) is 4.46. The highest BCUT2D eigenvalue weighted by Crippen LogP contribution is 2.44. The summed E-state index contributed by atoms with van der Waals surface area (Å²) < 4.78 is 6.06. The van der Waals surface area contributed by atoms with Crippen LogP contribution in [0, 0.1) is 17.8 Å². The van der Waals surface area contributed by atoms with E-state index >= 15 is 0 Å². The van der Waals surface area contributed by atoms with Crippen LogP contribution in [0.15, 0.2) is 9.98 Å². The molecule has 1 aromatic rings. The van der Waals surface area contributed by atoms with Gasteiger partial charge in [0.2, 0.25) is 0 Å². The summed E-state index contributed by atoms with van der Waals surface area (Å²) in [6.45, 7) is 6.16. The molecule has 0 radical (unpaired) electrons. The molecule has 118 valence electrons. The Hall–Kier alpha value is -0.460. The largest absolute Gasteiger partial charge is 0.466 e. The number of thiazole rings is 1. The molecule has 21 heavy (non-hydrogen) atoms. The summed E-state index contributed by atoms with van der Waals surface area (Å²) in [5.41, 5.74) is -0.940. The van der Waals surface area contributed by atoms with Crippen LogP contribution in [0.3, 0.4) is 0 Å². The van der Waals surface area contributed by atoms with Gasteiger partial charge in [0.25, 0.3) is 0 Å². The molecule has 2 rings (SSSR count). The van der Waals surface area contributed by atoms with Gasteiger partial charge in [0, 0.05) is 0 Å². The Labute approximate surface area is 138 Å². The second-order valence-corrected chi connectivity index (χ2v) is 8.37. The highest BCUT2D eigenvalue weighted by atomic mass is 79.9. The van der Waals surface area contributed by atoms with Crippen molar-refractivity contribution in [3.8, 4) is 0 Å². The van der Waals surface area contributed by atoms with Crippen molar-refractivity contribution < 1.29 is 14.6 Å². The Morgan fingerprint density at radius 3 is 2.86 bits per heavy atom. The predicted molar refractivity (Wildman–Crippen MR) is 86.0 cm³/mol. The lowest BCUT2D eigenvalue weighted by Gasteiger charge is -2.39. The first-order valence-electron chi connectivity index (χ1n) is 7.37. The number of hydrogen-bond donors (Lipinski definition) is 1. The van der Waals surface area contributed by atoms with Gasteiger partial charge >= 0.3 is 5.97 Å². The first-order chi connectivity index (χ1) is 9.86. The molecule has 4 nitrogen and oxygen atoms in total. The number of rotatable bonds is 4. The maximum Gasteiger partial charge on any atom is 0.309 e. The van der Waals surface area contributed by atoms with Crippen molar-refractivity contribution in [2.75, 3.05) is 6.61 Å². The normalized spacial score (nSPS) is 28.9. The van der Waals surface area contributed by atoms with Crippen LogP contribution in [0.5, 0.6) is 0 Å². The van der Waals surface area contributed by atoms with E-state index in [4.69, 9.17) is 4.74 Å². The van der Waals surface area contributed by atoms with Gasteiger partial charge in [-0.05, 0) is 60.9 Å². The average Bonchev–Trinajstić information content (AvgIpc) is 2.86. The number of carbonyl (C=O) groups excluding carboxylic acids is 1. The topological polar surface area (TPSA) is 59.4 Å². The summed E-state index contributed by atoms with van der Waals surface area (Å²) in [6, 6.07) is 0. The molecule has 0 aromatic carbocycles. The van der Waals surface area contributed by atoms with E-state index in [9.17, 15) is 9.90 Å². The van der Waals surface area contributed by atoms with E-state index in [-0.39, 0.29) is 23.7 Å². The molecule has 0 unspecified atom stereocenters. The second-order valence-electron chi connectivity index (χ2n) is 5.96. The zero-order valence-corrected chi connectivity index (χ0v) is 15.0. The lowest BCUT2D eigenvalue weighted by molar-refractivity contribution is -0.153. The summed E-state index contributed by atoms with van der Waals surface area (Å²) in [7, 11) is 0. The van der Waals surface area contributed by atoms with E-state index in [0.717, 1.165) is 28.1 Å². The van der Waals surface area contributed by atoms with Gasteiger partial charge in [-0.15, -0.1) is 11.3 Å². The lowest BCUT2D eigenvalue weighted by Crippen LogP contribution is -2.39. The van der Waals surface area contributed by atoms with Crippen LogP contribution in [0.2, 0.25) is 0 Å². The molecule has 1 N–H and O–H groups in total. The number of hydrogen-bond acceptors (Lipinski definition) is 5. The standard InChI is InChI=1S/C15H22BrNO3S/c1-4-20-13(18)11-6-5-10(7-9(11)2)15(3,19)14-17-8-12(16)21-14/h8-11,19H,4-7H2,1-3H3/t9-,10+,11+,15-/m1/s1. The van der Waals surface area contributed by atoms with E-state index in [2.05, 4.69) is 27.8 Å². The zero-order chi connectivity index (χ0) is 15.6. The fraction of sp³-hybridized carbons (Fsp3) is 0.733. The monoisotopic (exact) mass is 375 g/mol. The summed E-state index contributed by atoms with van der Waals surface area (Å²) in [5.74, 6) is 0.203. The average molecular weight is 376 g/mol. The summed E-state index contributed by atoms with van der Waals surface area (Å²) >= 11 is 4.86. The first kappa shape index (κ1) is 16.9. The first-order valence-corrected chi connectivity index (χ1v) is 8.98. The Bertz CT molecular complexity index is 503. The fourth-order valence-corrected chi connectivity index (χ4v) is 4.50. The molecular weight excluding hydrogens is 354 g/mol. The van der Waals surface area contributed by atoms with Crippen molar-refractivity contribution in [2.45, 2.75) is 45.6 Å². The number of aromatic nitrogens is 1. The minimum Gasteiger partial charge on any atom is -0.466 e. The van der Waals surface area contributed by atoms with Crippen molar-refractivity contribution in [3.05, 3.63) is 15.0 Å². The van der Waals surface area contributed by atoms with Gasteiger partial charge in [0.1, 0.15) is 10.6 Å². The number of halogens is 1. The third-order valence-corrected chi connectivity index (χ3v) is 6.17. The minimum absolute atomic E-state index is 0.0416. The molecule has 4 atom stereocenters. The number of ether oxygens (including phenoxy) is 1. The molecule has 1 aromatic heterocycles. The predicted octanol–water partition coefficient (Wildman–Crippen LogP) is 3.73. The number of nitrogens with zero attached hydrogens (tertiary/aromatic N) is 1. The molecule has 0 aliphatic heterocycles. The van der Waals surface area contributed by atoms with Gasteiger partial charge in [-0.2, -0.15) is 0 Å². The molecule has 0 spiro atoms. The Balaban J connectivity index is 2.06. The molecule has 0 saturated heterocycles. The Morgan fingerprint density at radius 1 is 1.62 bits per heavy atom. The summed E-state index contributed by atoms with van der Waals surface area (Å²) in [4.78, 5) is 16.2. The van der Waals surface area contributed by atoms with Crippen molar-refractivity contribution in [3.63, 3.8) is 0 Å². The van der Waals surface area contributed by atoms with Gasteiger partial charge in [0.05, 0.1) is 22.5 Å². The highest BCUT2D eigenvalue weighted by Gasteiger charge is 2.43. The second kappa shape index (κ2) is 6.75. The molecule has 1 aliphatic rings. The van der Waals surface area contributed by atoms with Crippen LogP contribution >= 0.6 is 27.3 Å². The molecule has 1 fully saturated rings. The van der Waals surface area contributed by atoms with Gasteiger partial charge in [-0.1, -0.05) is 6.92 Å². The maximum atomic E-state index is 11.9. The Kier molecular flexibility index (Phi) is 5.43. The SMILES string of the molecule is CCOC(=O)[C@H]1CC[C@H]([C@@](C)(O)c2ncc(Br)s2)C[C@H]1C. The molecule has 1 heterocycles. The van der Waals surface area contributed by atoms with Gasteiger partial charge in [0.15, 0.2) is 0 Å². The zero-order valence-electron chi connectivity index (χ0n) is 12.6. The van der Waals surface area contributed by atoms with E-state index in [0.29, 0.717) is 6.61 Å². The van der Waals surface area contributed by atoms with Crippen LogP contribution in [-0.4, -0.2) is 22.7 Å². The summed E-state index contributed by atoms with van der Waals surface area (Å²) in [5, 5.41) is 11.6. The van der Waals surface area contributed by atoms with E-state index in [1.807, 2.05) is 13.8 Å². The van der Waals surface area contributed by atoms with Crippen LogP contribution in [-0.2, 0) is 15.1 Å². The highest BCUT2D eigenvalue weighted by molar-refractivity contribution is 9.11. The summed E-state index contributed by atoms with van der Waals surface area (Å²) in [6.07, 6.45) is 4.13. The van der Waals surface area contributed by atoms with E-state index in [1.165, 1.54) is 11.3 Å². The molecule has 6 heteroatoms. The van der Waals surface area contributed by atoms with Crippen LogP contribution in [0.1, 0.15) is 45.0 Å². The van der Waals surface area contributed by atoms with Crippen molar-refractivity contribution in [1.29, 1.82) is 0 Å². The lowest BCUT2D eigenvalue weighted by atomic mass is 9.69. The quantitative estimate of drug-likeness (QED) is 0.814. The van der Waals surface area contributed by atoms with Crippen molar-refractivity contribution in [1.82, 2.24) is 4.98 Å². The van der Waals surface area contributed by atoms with Crippen LogP contribution < -0.4 is 0 Å². The third kappa shape index (κ3) is 3.66. The number of aliphatic hydroxyl groups is 1. The van der Waals surface area contributed by atoms with E-state index in [1.54, 1.807) is 6.20 Å².